The predicted molar refractivity (Wildman–Crippen MR) is 115 cm³/mol. The lowest BCUT2D eigenvalue weighted by Crippen LogP contribution is -2.42. The van der Waals surface area contributed by atoms with E-state index in [1.807, 2.05) is 84.9 Å². The fourth-order valence-electron chi connectivity index (χ4n) is 3.28. The van der Waals surface area contributed by atoms with Crippen LogP contribution in [0.4, 0.5) is 10.5 Å². The van der Waals surface area contributed by atoms with Crippen molar-refractivity contribution < 1.29 is 14.3 Å². The van der Waals surface area contributed by atoms with Crippen molar-refractivity contribution in [1.82, 2.24) is 5.32 Å². The monoisotopic (exact) mass is 399 g/mol. The average Bonchev–Trinajstić information content (AvgIpc) is 2.91. The number of hydrogen-bond acceptors (Lipinski definition) is 4. The molecule has 6 heteroatoms. The van der Waals surface area contributed by atoms with Crippen molar-refractivity contribution in [3.05, 3.63) is 102 Å². The number of rotatable bonds is 4. The molecule has 4 rings (SSSR count). The molecule has 1 heterocycles. The summed E-state index contributed by atoms with van der Waals surface area (Å²) >= 11 is 0. The Bertz CT molecular complexity index is 1080. The summed E-state index contributed by atoms with van der Waals surface area (Å²) in [5.74, 6) is -0.433. The normalized spacial score (nSPS) is 16.4. The molecule has 30 heavy (non-hydrogen) atoms. The number of alkyl carbamates (subject to hydrolysis) is 1. The van der Waals surface area contributed by atoms with Crippen LogP contribution in [0.5, 0.6) is 0 Å². The molecule has 0 aromatic heterocycles. The zero-order valence-corrected chi connectivity index (χ0v) is 16.4. The molecule has 150 valence electrons. The van der Waals surface area contributed by atoms with Crippen molar-refractivity contribution in [2.75, 3.05) is 5.32 Å². The first kappa shape index (κ1) is 19.4. The smallest absolute Gasteiger partial charge is 0.409 e. The van der Waals surface area contributed by atoms with Crippen molar-refractivity contribution in [3.63, 3.8) is 0 Å². The van der Waals surface area contributed by atoms with E-state index in [0.717, 1.165) is 16.7 Å². The molecule has 0 saturated heterocycles. The molecular weight excluding hydrogens is 378 g/mol. The van der Waals surface area contributed by atoms with E-state index in [4.69, 9.17) is 4.74 Å². The molecule has 0 radical (unpaired) electrons. The number of aliphatic imine (C=N–C) groups is 1. The largest absolute Gasteiger partial charge is 0.442 e. The van der Waals surface area contributed by atoms with Gasteiger partial charge in [0, 0.05) is 11.1 Å². The number of benzodiazepines with no additional fused rings is 1. The Labute approximate surface area is 174 Å². The molecule has 0 unspecified atom stereocenters. The predicted octanol–water partition coefficient (Wildman–Crippen LogP) is 4.29. The molecule has 0 bridgehead atoms. The Kier molecular flexibility index (Phi) is 5.57. The lowest BCUT2D eigenvalue weighted by atomic mass is 10.0. The van der Waals surface area contributed by atoms with Gasteiger partial charge in [-0.1, -0.05) is 78.9 Å². The van der Waals surface area contributed by atoms with Crippen LogP contribution in [0.25, 0.3) is 0 Å². The number of ether oxygens (including phenoxy) is 1. The molecule has 0 saturated carbocycles. The SMILES string of the molecule is C[C@H](OC(=O)N[C@@H]1N=C(c2ccccc2)c2ccccc2NC1=O)c1ccccc1. The highest BCUT2D eigenvalue weighted by atomic mass is 16.6. The Morgan fingerprint density at radius 2 is 1.60 bits per heavy atom. The lowest BCUT2D eigenvalue weighted by Gasteiger charge is -2.17. The minimum atomic E-state index is -1.12. The Morgan fingerprint density at radius 1 is 0.967 bits per heavy atom. The van der Waals surface area contributed by atoms with Gasteiger partial charge in [-0.15, -0.1) is 0 Å². The van der Waals surface area contributed by atoms with Gasteiger partial charge in [0.25, 0.3) is 5.91 Å². The molecule has 0 fully saturated rings. The van der Waals surface area contributed by atoms with Gasteiger partial charge in [0.05, 0.1) is 11.4 Å². The molecule has 3 aromatic carbocycles. The number of nitrogens with one attached hydrogen (secondary N) is 2. The molecule has 3 aromatic rings. The summed E-state index contributed by atoms with van der Waals surface area (Å²) in [6.07, 6.45) is -2.30. The molecule has 2 atom stereocenters. The fourth-order valence-corrected chi connectivity index (χ4v) is 3.28. The maximum Gasteiger partial charge on any atom is 0.409 e. The average molecular weight is 399 g/mol. The summed E-state index contributed by atoms with van der Waals surface area (Å²) in [6.45, 7) is 1.77. The third-order valence-corrected chi connectivity index (χ3v) is 4.80. The fraction of sp³-hybridized carbons (Fsp3) is 0.125. The second-order valence-corrected chi connectivity index (χ2v) is 6.88. The van der Waals surface area contributed by atoms with Crippen molar-refractivity contribution in [2.24, 2.45) is 4.99 Å². The van der Waals surface area contributed by atoms with Gasteiger partial charge in [0.2, 0.25) is 6.17 Å². The van der Waals surface area contributed by atoms with E-state index in [1.54, 1.807) is 6.92 Å². The summed E-state index contributed by atoms with van der Waals surface area (Å²) in [4.78, 5) is 29.8. The van der Waals surface area contributed by atoms with E-state index in [1.165, 1.54) is 0 Å². The van der Waals surface area contributed by atoms with Crippen LogP contribution in [0.1, 0.15) is 29.7 Å². The van der Waals surface area contributed by atoms with Crippen LogP contribution in [0.3, 0.4) is 0 Å². The third-order valence-electron chi connectivity index (χ3n) is 4.80. The third kappa shape index (κ3) is 4.22. The zero-order chi connectivity index (χ0) is 20.9. The van der Waals surface area contributed by atoms with Gasteiger partial charge in [0.15, 0.2) is 0 Å². The van der Waals surface area contributed by atoms with E-state index in [2.05, 4.69) is 15.6 Å². The van der Waals surface area contributed by atoms with E-state index in [0.29, 0.717) is 11.4 Å². The minimum absolute atomic E-state index is 0.433. The first-order valence-corrected chi connectivity index (χ1v) is 9.67. The number of para-hydroxylation sites is 1. The van der Waals surface area contributed by atoms with Crippen LogP contribution in [0.15, 0.2) is 89.9 Å². The quantitative estimate of drug-likeness (QED) is 0.687. The van der Waals surface area contributed by atoms with Crippen molar-refractivity contribution in [2.45, 2.75) is 19.2 Å². The lowest BCUT2D eigenvalue weighted by molar-refractivity contribution is -0.117. The van der Waals surface area contributed by atoms with Crippen LogP contribution in [0, 0.1) is 0 Å². The molecule has 1 aliphatic rings. The topological polar surface area (TPSA) is 79.8 Å². The maximum absolute atomic E-state index is 12.8. The number of carbonyl (C=O) groups excluding carboxylic acids is 2. The molecule has 2 amide bonds. The Hall–Kier alpha value is -3.93. The molecule has 1 aliphatic heterocycles. The molecule has 0 aliphatic carbocycles. The number of nitrogens with zero attached hydrogens (tertiary/aromatic N) is 1. The van der Waals surface area contributed by atoms with E-state index >= 15 is 0 Å². The van der Waals surface area contributed by atoms with E-state index in [-0.39, 0.29) is 0 Å². The summed E-state index contributed by atoms with van der Waals surface area (Å²) in [5.41, 5.74) is 3.75. The van der Waals surface area contributed by atoms with Crippen molar-refractivity contribution >= 4 is 23.4 Å². The summed E-state index contributed by atoms with van der Waals surface area (Å²) in [5, 5.41) is 5.42. The van der Waals surface area contributed by atoms with Crippen molar-refractivity contribution in [3.8, 4) is 0 Å². The highest BCUT2D eigenvalue weighted by molar-refractivity contribution is 6.19. The van der Waals surface area contributed by atoms with Crippen LogP contribution < -0.4 is 10.6 Å². The van der Waals surface area contributed by atoms with Gasteiger partial charge in [-0.25, -0.2) is 9.79 Å². The second kappa shape index (κ2) is 8.61. The van der Waals surface area contributed by atoms with Crippen LogP contribution in [0.2, 0.25) is 0 Å². The molecule has 2 N–H and O–H groups in total. The van der Waals surface area contributed by atoms with Crippen molar-refractivity contribution in [1.29, 1.82) is 0 Å². The molecular formula is C24H21N3O3. The van der Waals surface area contributed by atoms with E-state index in [9.17, 15) is 9.59 Å². The van der Waals surface area contributed by atoms with Gasteiger partial charge in [-0.05, 0) is 18.6 Å². The summed E-state index contributed by atoms with van der Waals surface area (Å²) in [6, 6.07) is 26.4. The minimum Gasteiger partial charge on any atom is -0.442 e. The zero-order valence-electron chi connectivity index (χ0n) is 16.4. The standard InChI is InChI=1S/C24H21N3O3/c1-16(17-10-4-2-5-11-17)30-24(29)27-22-23(28)25-20-15-9-8-14-19(20)21(26-22)18-12-6-3-7-13-18/h2-16,22H,1H3,(H,25,28)(H,27,29)/t16-,22-/m0/s1. The number of hydrogen-bond donors (Lipinski definition) is 2. The van der Waals surface area contributed by atoms with Gasteiger partial charge in [0.1, 0.15) is 6.10 Å². The second-order valence-electron chi connectivity index (χ2n) is 6.88. The van der Waals surface area contributed by atoms with Gasteiger partial charge >= 0.3 is 6.09 Å². The number of anilines is 1. The Balaban J connectivity index is 1.60. The van der Waals surface area contributed by atoms with Crippen LogP contribution in [-0.2, 0) is 9.53 Å². The number of benzene rings is 3. The number of fused-ring (bicyclic) bond motifs is 1. The molecule has 6 nitrogen and oxygen atoms in total. The highest BCUT2D eigenvalue weighted by Gasteiger charge is 2.28. The Morgan fingerprint density at radius 3 is 2.33 bits per heavy atom. The number of carbonyl (C=O) groups is 2. The van der Waals surface area contributed by atoms with Gasteiger partial charge < -0.3 is 10.1 Å². The number of amides is 2. The van der Waals surface area contributed by atoms with Crippen LogP contribution in [-0.4, -0.2) is 23.9 Å². The van der Waals surface area contributed by atoms with Gasteiger partial charge in [-0.3, -0.25) is 10.1 Å². The van der Waals surface area contributed by atoms with Gasteiger partial charge in [-0.2, -0.15) is 0 Å². The first-order valence-electron chi connectivity index (χ1n) is 9.67. The van der Waals surface area contributed by atoms with Crippen LogP contribution >= 0.6 is 0 Å². The first-order chi connectivity index (χ1) is 14.6. The summed E-state index contributed by atoms with van der Waals surface area (Å²) < 4.78 is 5.45. The highest BCUT2D eigenvalue weighted by Crippen LogP contribution is 2.24. The van der Waals surface area contributed by atoms with E-state index < -0.39 is 24.3 Å². The maximum atomic E-state index is 12.8. The summed E-state index contributed by atoms with van der Waals surface area (Å²) in [7, 11) is 0. The molecule has 0 spiro atoms.